The number of carbonyl (C=O) groups is 2. The maximum Gasteiger partial charge on any atom is 0.418 e. The molecule has 1 aliphatic heterocycles. The normalized spacial score (nSPS) is 18.0. The van der Waals surface area contributed by atoms with Gasteiger partial charge in [-0.25, -0.2) is 14.5 Å². The van der Waals surface area contributed by atoms with Gasteiger partial charge in [0, 0.05) is 24.2 Å². The fraction of sp³-hybridized carbons (Fsp3) is 0.467. The van der Waals surface area contributed by atoms with Crippen molar-refractivity contribution in [3.05, 3.63) is 39.9 Å². The van der Waals surface area contributed by atoms with Gasteiger partial charge in [0.1, 0.15) is 0 Å². The molecule has 0 N–H and O–H groups in total. The molecule has 0 aromatic heterocycles. The van der Waals surface area contributed by atoms with Crippen molar-refractivity contribution in [2.24, 2.45) is 0 Å². The van der Waals surface area contributed by atoms with Crippen LogP contribution in [0.1, 0.15) is 25.8 Å². The molecule has 0 bridgehead atoms. The highest BCUT2D eigenvalue weighted by molar-refractivity contribution is 5.92. The van der Waals surface area contributed by atoms with Gasteiger partial charge in [-0.1, -0.05) is 18.2 Å². The molecule has 8 heteroatoms. The van der Waals surface area contributed by atoms with Gasteiger partial charge in [-0.3, -0.25) is 10.1 Å². The van der Waals surface area contributed by atoms with Gasteiger partial charge in [0.2, 0.25) is 0 Å². The summed E-state index contributed by atoms with van der Waals surface area (Å²) in [6.45, 7) is 4.14. The second kappa shape index (κ2) is 7.08. The molecule has 1 saturated heterocycles. The first kappa shape index (κ1) is 16.7. The number of hydrogen-bond donors (Lipinski definition) is 0. The molecule has 2 rings (SSSR count). The van der Waals surface area contributed by atoms with Gasteiger partial charge in [-0.15, -0.1) is 0 Å². The van der Waals surface area contributed by atoms with E-state index in [1.165, 1.54) is 11.0 Å². The van der Waals surface area contributed by atoms with Gasteiger partial charge in [0.15, 0.2) is 0 Å². The minimum absolute atomic E-state index is 0.0402. The quantitative estimate of drug-likeness (QED) is 0.628. The summed E-state index contributed by atoms with van der Waals surface area (Å²) in [5.41, 5.74) is 0.394. The Morgan fingerprint density at radius 3 is 2.78 bits per heavy atom. The van der Waals surface area contributed by atoms with Crippen molar-refractivity contribution in [3.63, 3.8) is 0 Å². The van der Waals surface area contributed by atoms with Gasteiger partial charge < -0.3 is 9.64 Å². The van der Waals surface area contributed by atoms with E-state index < -0.39 is 17.0 Å². The standard InChI is InChI=1S/C15H19N3O5/c1-3-23-15(20)17-11(2)8-9-16(14(17)19)10-12-6-4-5-7-13(12)18(21)22/h4-7,11H,3,8-10H2,1-2H3. The number of nitro benzene ring substituents is 1. The minimum Gasteiger partial charge on any atom is -0.449 e. The number of carbonyl (C=O) groups excluding carboxylic acids is 2. The van der Waals surface area contributed by atoms with Gasteiger partial charge in [-0.05, 0) is 20.3 Å². The van der Waals surface area contributed by atoms with E-state index in [2.05, 4.69) is 0 Å². The first-order chi connectivity index (χ1) is 11.0. The van der Waals surface area contributed by atoms with Gasteiger partial charge in [0.25, 0.3) is 5.69 Å². The van der Waals surface area contributed by atoms with Crippen LogP contribution in [0.3, 0.4) is 0 Å². The molecule has 0 saturated carbocycles. The topological polar surface area (TPSA) is 93.0 Å². The Labute approximate surface area is 133 Å². The number of urea groups is 1. The van der Waals surface area contributed by atoms with Crippen molar-refractivity contribution < 1.29 is 19.2 Å². The van der Waals surface area contributed by atoms with Gasteiger partial charge in [0.05, 0.1) is 18.1 Å². The summed E-state index contributed by atoms with van der Waals surface area (Å²) in [6, 6.07) is 5.52. The zero-order valence-electron chi connectivity index (χ0n) is 13.1. The van der Waals surface area contributed by atoms with Crippen molar-refractivity contribution in [3.8, 4) is 0 Å². The Kier molecular flexibility index (Phi) is 5.15. The molecule has 1 unspecified atom stereocenters. The molecule has 23 heavy (non-hydrogen) atoms. The third-order valence-electron chi connectivity index (χ3n) is 3.75. The highest BCUT2D eigenvalue weighted by atomic mass is 16.6. The third kappa shape index (κ3) is 3.58. The predicted molar refractivity (Wildman–Crippen MR) is 81.8 cm³/mol. The second-order valence-electron chi connectivity index (χ2n) is 5.30. The maximum absolute atomic E-state index is 12.5. The summed E-state index contributed by atoms with van der Waals surface area (Å²) in [7, 11) is 0. The first-order valence-corrected chi connectivity index (χ1v) is 7.42. The number of nitrogens with zero attached hydrogens (tertiary/aromatic N) is 3. The van der Waals surface area contributed by atoms with E-state index in [0.717, 1.165) is 4.90 Å². The Morgan fingerprint density at radius 2 is 2.13 bits per heavy atom. The molecule has 124 valence electrons. The smallest absolute Gasteiger partial charge is 0.418 e. The van der Waals surface area contributed by atoms with Crippen LogP contribution in [0.5, 0.6) is 0 Å². The zero-order chi connectivity index (χ0) is 17.0. The van der Waals surface area contributed by atoms with Crippen LogP contribution in [0.2, 0.25) is 0 Å². The molecule has 0 spiro atoms. The Morgan fingerprint density at radius 1 is 1.43 bits per heavy atom. The molecule has 3 amide bonds. The number of nitro groups is 1. The number of para-hydroxylation sites is 1. The fourth-order valence-electron chi connectivity index (χ4n) is 2.53. The lowest BCUT2D eigenvalue weighted by Crippen LogP contribution is -2.55. The molecular formula is C15H19N3O5. The average molecular weight is 321 g/mol. The first-order valence-electron chi connectivity index (χ1n) is 7.42. The molecule has 8 nitrogen and oxygen atoms in total. The lowest BCUT2D eigenvalue weighted by atomic mass is 10.1. The predicted octanol–water partition coefficient (Wildman–Crippen LogP) is 2.77. The van der Waals surface area contributed by atoms with Crippen LogP contribution in [0.4, 0.5) is 15.3 Å². The number of rotatable bonds is 4. The van der Waals surface area contributed by atoms with Crippen LogP contribution in [0.15, 0.2) is 24.3 Å². The highest BCUT2D eigenvalue weighted by Gasteiger charge is 2.36. The molecule has 0 aliphatic carbocycles. The monoisotopic (exact) mass is 321 g/mol. The van der Waals surface area contributed by atoms with Crippen LogP contribution in [0.25, 0.3) is 0 Å². The molecule has 1 heterocycles. The highest BCUT2D eigenvalue weighted by Crippen LogP contribution is 2.23. The second-order valence-corrected chi connectivity index (χ2v) is 5.30. The van der Waals surface area contributed by atoms with Crippen molar-refractivity contribution >= 4 is 17.8 Å². The lowest BCUT2D eigenvalue weighted by molar-refractivity contribution is -0.385. The van der Waals surface area contributed by atoms with Crippen molar-refractivity contribution in [2.45, 2.75) is 32.9 Å². The molecule has 1 aliphatic rings. The van der Waals surface area contributed by atoms with Crippen molar-refractivity contribution in [1.82, 2.24) is 9.80 Å². The molecule has 1 atom stereocenters. The van der Waals surface area contributed by atoms with E-state index >= 15 is 0 Å². The molecule has 1 fully saturated rings. The van der Waals surface area contributed by atoms with E-state index in [1.807, 2.05) is 0 Å². The summed E-state index contributed by atoms with van der Waals surface area (Å²) in [6.07, 6.45) is -0.0946. The molecular weight excluding hydrogens is 302 g/mol. The maximum atomic E-state index is 12.5. The zero-order valence-corrected chi connectivity index (χ0v) is 13.1. The van der Waals surface area contributed by atoms with Crippen LogP contribution < -0.4 is 0 Å². The van der Waals surface area contributed by atoms with E-state index in [4.69, 9.17) is 4.74 Å². The summed E-state index contributed by atoms with van der Waals surface area (Å²) in [5.74, 6) is 0. The van der Waals surface area contributed by atoms with Crippen LogP contribution in [-0.2, 0) is 11.3 Å². The largest absolute Gasteiger partial charge is 0.449 e. The number of benzene rings is 1. The van der Waals surface area contributed by atoms with E-state index in [9.17, 15) is 19.7 Å². The summed E-state index contributed by atoms with van der Waals surface area (Å²) in [5, 5.41) is 11.1. The Balaban J connectivity index is 2.19. The number of amides is 3. The van der Waals surface area contributed by atoms with Crippen molar-refractivity contribution in [1.29, 1.82) is 0 Å². The van der Waals surface area contributed by atoms with E-state index in [-0.39, 0.29) is 24.9 Å². The lowest BCUT2D eigenvalue weighted by Gasteiger charge is -2.37. The summed E-state index contributed by atoms with van der Waals surface area (Å²) >= 11 is 0. The molecule has 1 aromatic rings. The molecule has 0 radical (unpaired) electrons. The van der Waals surface area contributed by atoms with Crippen molar-refractivity contribution in [2.75, 3.05) is 13.2 Å². The fourth-order valence-corrected chi connectivity index (χ4v) is 2.53. The summed E-state index contributed by atoms with van der Waals surface area (Å²) < 4.78 is 4.91. The third-order valence-corrected chi connectivity index (χ3v) is 3.75. The van der Waals surface area contributed by atoms with Crippen LogP contribution in [0, 0.1) is 10.1 Å². The van der Waals surface area contributed by atoms with Gasteiger partial charge >= 0.3 is 12.1 Å². The van der Waals surface area contributed by atoms with Gasteiger partial charge in [-0.2, -0.15) is 0 Å². The number of imide groups is 1. The summed E-state index contributed by atoms with van der Waals surface area (Å²) in [4.78, 5) is 37.6. The Hall–Kier alpha value is -2.64. The van der Waals surface area contributed by atoms with Crippen LogP contribution in [-0.4, -0.2) is 46.0 Å². The van der Waals surface area contributed by atoms with E-state index in [1.54, 1.807) is 32.0 Å². The van der Waals surface area contributed by atoms with E-state index in [0.29, 0.717) is 18.5 Å². The number of ether oxygens (including phenoxy) is 1. The number of hydrogen-bond acceptors (Lipinski definition) is 5. The SMILES string of the molecule is CCOC(=O)N1C(=O)N(Cc2ccccc2[N+](=O)[O-])CCC1C. The minimum atomic E-state index is -0.683. The average Bonchev–Trinajstić information content (AvgIpc) is 2.51. The Bertz CT molecular complexity index is 619. The molecule has 1 aromatic carbocycles. The van der Waals surface area contributed by atoms with Crippen LogP contribution >= 0.6 is 0 Å².